The highest BCUT2D eigenvalue weighted by molar-refractivity contribution is 5.34. The summed E-state index contributed by atoms with van der Waals surface area (Å²) in [5.41, 5.74) is 4.46. The quantitative estimate of drug-likeness (QED) is 0.839. The van der Waals surface area contributed by atoms with Crippen LogP contribution in [-0.4, -0.2) is 17.5 Å². The molecule has 2 nitrogen and oxygen atoms in total. The van der Waals surface area contributed by atoms with Crippen molar-refractivity contribution in [2.75, 3.05) is 6.54 Å². The van der Waals surface area contributed by atoms with Crippen molar-refractivity contribution in [3.05, 3.63) is 34.9 Å². The maximum Gasteiger partial charge on any atom is 0.0243 e. The summed E-state index contributed by atoms with van der Waals surface area (Å²) in [5.74, 6) is 0. The molecule has 0 aliphatic carbocycles. The second kappa shape index (κ2) is 5.65. The molecule has 0 bridgehead atoms. The van der Waals surface area contributed by atoms with E-state index in [0.717, 1.165) is 26.2 Å². The summed E-state index contributed by atoms with van der Waals surface area (Å²) >= 11 is 0. The zero-order valence-corrected chi connectivity index (χ0v) is 11.3. The zero-order valence-electron chi connectivity index (χ0n) is 11.3. The summed E-state index contributed by atoms with van der Waals surface area (Å²) in [7, 11) is 0. The average molecular weight is 232 g/mol. The highest BCUT2D eigenvalue weighted by atomic mass is 15.2. The Balaban J connectivity index is 2.05. The van der Waals surface area contributed by atoms with Gasteiger partial charge in [0.2, 0.25) is 0 Å². The molecule has 1 aliphatic heterocycles. The Kier molecular flexibility index (Phi) is 4.19. The molecule has 0 spiro atoms. The van der Waals surface area contributed by atoms with E-state index in [1.54, 1.807) is 0 Å². The van der Waals surface area contributed by atoms with Gasteiger partial charge < -0.3 is 5.32 Å². The van der Waals surface area contributed by atoms with Crippen molar-refractivity contribution in [1.82, 2.24) is 10.2 Å². The van der Waals surface area contributed by atoms with E-state index >= 15 is 0 Å². The first kappa shape index (κ1) is 12.6. The van der Waals surface area contributed by atoms with Crippen molar-refractivity contribution >= 4 is 0 Å². The van der Waals surface area contributed by atoms with Crippen LogP contribution >= 0.6 is 0 Å². The van der Waals surface area contributed by atoms with E-state index in [0.29, 0.717) is 6.04 Å². The Labute approximate surface area is 105 Å². The minimum atomic E-state index is 0.694. The SMILES string of the molecule is CCNCc1ccc2c(c1)CN(C(C)CC)C2. The van der Waals surface area contributed by atoms with Crippen LogP contribution in [0.15, 0.2) is 18.2 Å². The molecule has 0 fully saturated rings. The number of nitrogens with one attached hydrogen (secondary N) is 1. The third-order valence-corrected chi connectivity index (χ3v) is 3.81. The Morgan fingerprint density at radius 1 is 1.24 bits per heavy atom. The van der Waals surface area contributed by atoms with E-state index in [1.807, 2.05) is 0 Å². The van der Waals surface area contributed by atoms with Gasteiger partial charge in [-0.3, -0.25) is 4.90 Å². The van der Waals surface area contributed by atoms with Gasteiger partial charge in [-0.15, -0.1) is 0 Å². The Morgan fingerprint density at radius 2 is 2.00 bits per heavy atom. The lowest BCUT2D eigenvalue weighted by molar-refractivity contribution is 0.208. The van der Waals surface area contributed by atoms with Gasteiger partial charge in [0.25, 0.3) is 0 Å². The number of benzene rings is 1. The Bertz CT molecular complexity index is 373. The van der Waals surface area contributed by atoms with Gasteiger partial charge >= 0.3 is 0 Å². The number of fused-ring (bicyclic) bond motifs is 1. The summed E-state index contributed by atoms with van der Waals surface area (Å²) in [5, 5.41) is 3.39. The van der Waals surface area contributed by atoms with Crippen molar-refractivity contribution in [1.29, 1.82) is 0 Å². The van der Waals surface area contributed by atoms with E-state index in [9.17, 15) is 0 Å². The van der Waals surface area contributed by atoms with Gasteiger partial charge in [-0.2, -0.15) is 0 Å². The smallest absolute Gasteiger partial charge is 0.0243 e. The van der Waals surface area contributed by atoms with Crippen molar-refractivity contribution in [3.8, 4) is 0 Å². The fourth-order valence-electron chi connectivity index (χ4n) is 2.42. The monoisotopic (exact) mass is 232 g/mol. The van der Waals surface area contributed by atoms with E-state index < -0.39 is 0 Å². The molecule has 1 N–H and O–H groups in total. The molecule has 1 aliphatic rings. The van der Waals surface area contributed by atoms with Gasteiger partial charge in [-0.25, -0.2) is 0 Å². The van der Waals surface area contributed by atoms with Crippen LogP contribution in [0.4, 0.5) is 0 Å². The van der Waals surface area contributed by atoms with Gasteiger partial charge in [0.15, 0.2) is 0 Å². The van der Waals surface area contributed by atoms with Gasteiger partial charge in [0.1, 0.15) is 0 Å². The summed E-state index contributed by atoms with van der Waals surface area (Å²) in [4.78, 5) is 2.57. The van der Waals surface area contributed by atoms with Crippen LogP contribution in [0.3, 0.4) is 0 Å². The topological polar surface area (TPSA) is 15.3 Å². The molecule has 1 unspecified atom stereocenters. The van der Waals surface area contributed by atoms with Crippen LogP contribution in [0.5, 0.6) is 0 Å². The number of nitrogens with zero attached hydrogens (tertiary/aromatic N) is 1. The minimum Gasteiger partial charge on any atom is -0.313 e. The lowest BCUT2D eigenvalue weighted by Gasteiger charge is -2.21. The first-order valence-corrected chi connectivity index (χ1v) is 6.80. The minimum absolute atomic E-state index is 0.694. The summed E-state index contributed by atoms with van der Waals surface area (Å²) < 4.78 is 0. The lowest BCUT2D eigenvalue weighted by Crippen LogP contribution is -2.26. The molecule has 1 atom stereocenters. The van der Waals surface area contributed by atoms with Crippen LogP contribution in [0.2, 0.25) is 0 Å². The van der Waals surface area contributed by atoms with Gasteiger partial charge in [0, 0.05) is 25.7 Å². The molecular formula is C15H24N2. The van der Waals surface area contributed by atoms with Crippen molar-refractivity contribution in [3.63, 3.8) is 0 Å². The van der Waals surface area contributed by atoms with Crippen molar-refractivity contribution in [2.45, 2.75) is 52.9 Å². The number of hydrogen-bond donors (Lipinski definition) is 1. The molecule has 0 amide bonds. The largest absolute Gasteiger partial charge is 0.313 e. The highest BCUT2D eigenvalue weighted by Crippen LogP contribution is 2.26. The molecule has 1 aromatic rings. The van der Waals surface area contributed by atoms with E-state index in [4.69, 9.17) is 0 Å². The summed E-state index contributed by atoms with van der Waals surface area (Å²) in [6.45, 7) is 11.0. The molecule has 0 saturated carbocycles. The Morgan fingerprint density at radius 3 is 2.71 bits per heavy atom. The summed E-state index contributed by atoms with van der Waals surface area (Å²) in [6, 6.07) is 7.64. The maximum absolute atomic E-state index is 3.39. The standard InChI is InChI=1S/C15H24N2/c1-4-12(3)17-10-14-7-6-13(9-16-5-2)8-15(14)11-17/h6-8,12,16H,4-5,9-11H2,1-3H3. The molecule has 0 saturated heterocycles. The van der Waals surface area contributed by atoms with Crippen LogP contribution < -0.4 is 5.32 Å². The third-order valence-electron chi connectivity index (χ3n) is 3.81. The molecule has 2 heteroatoms. The molecule has 0 radical (unpaired) electrons. The first-order chi connectivity index (χ1) is 8.24. The average Bonchev–Trinajstić information content (AvgIpc) is 2.78. The molecular weight excluding hydrogens is 208 g/mol. The normalized spacial score (nSPS) is 17.1. The van der Waals surface area contributed by atoms with E-state index in [2.05, 4.69) is 49.2 Å². The molecule has 0 aromatic heterocycles. The summed E-state index contributed by atoms with van der Waals surface area (Å²) in [6.07, 6.45) is 1.23. The Hall–Kier alpha value is -0.860. The molecule has 2 rings (SSSR count). The molecule has 1 heterocycles. The van der Waals surface area contributed by atoms with E-state index in [1.165, 1.54) is 23.1 Å². The fraction of sp³-hybridized carbons (Fsp3) is 0.600. The lowest BCUT2D eigenvalue weighted by atomic mass is 10.1. The second-order valence-corrected chi connectivity index (χ2v) is 5.05. The molecule has 1 aromatic carbocycles. The van der Waals surface area contributed by atoms with Crippen LogP contribution in [0.1, 0.15) is 43.9 Å². The molecule has 94 valence electrons. The number of hydrogen-bond acceptors (Lipinski definition) is 2. The first-order valence-electron chi connectivity index (χ1n) is 6.80. The fourth-order valence-corrected chi connectivity index (χ4v) is 2.42. The number of rotatable bonds is 5. The zero-order chi connectivity index (χ0) is 12.3. The van der Waals surface area contributed by atoms with Crippen LogP contribution in [0.25, 0.3) is 0 Å². The predicted octanol–water partition coefficient (Wildman–Crippen LogP) is 2.91. The predicted molar refractivity (Wildman–Crippen MR) is 72.8 cm³/mol. The third kappa shape index (κ3) is 2.88. The van der Waals surface area contributed by atoms with E-state index in [-0.39, 0.29) is 0 Å². The van der Waals surface area contributed by atoms with Gasteiger partial charge in [-0.05, 0) is 36.6 Å². The maximum atomic E-state index is 3.39. The van der Waals surface area contributed by atoms with Crippen molar-refractivity contribution in [2.24, 2.45) is 0 Å². The van der Waals surface area contributed by atoms with Crippen LogP contribution in [-0.2, 0) is 19.6 Å². The molecule has 17 heavy (non-hydrogen) atoms. The van der Waals surface area contributed by atoms with Crippen LogP contribution in [0, 0.1) is 0 Å². The van der Waals surface area contributed by atoms with Gasteiger partial charge in [0.05, 0.1) is 0 Å². The second-order valence-electron chi connectivity index (χ2n) is 5.05. The van der Waals surface area contributed by atoms with Crippen molar-refractivity contribution < 1.29 is 0 Å². The highest BCUT2D eigenvalue weighted by Gasteiger charge is 2.22. The van der Waals surface area contributed by atoms with Gasteiger partial charge in [-0.1, -0.05) is 32.0 Å².